The normalized spacial score (nSPS) is 15.0. The van der Waals surface area contributed by atoms with Crippen LogP contribution in [0.1, 0.15) is 19.4 Å². The molecule has 1 heterocycles. The van der Waals surface area contributed by atoms with Crippen LogP contribution in [0.2, 0.25) is 0 Å². The lowest BCUT2D eigenvalue weighted by atomic mass is 10.1. The third kappa shape index (κ3) is 3.63. The largest absolute Gasteiger partial charge is 0.494 e. The Kier molecular flexibility index (Phi) is 5.24. The predicted molar refractivity (Wildman–Crippen MR) is 78.4 cm³/mol. The van der Waals surface area contributed by atoms with Crippen molar-refractivity contribution >= 4 is 11.7 Å². The summed E-state index contributed by atoms with van der Waals surface area (Å²) in [6, 6.07) is 5.70. The second-order valence-electron chi connectivity index (χ2n) is 4.64. The highest BCUT2D eigenvalue weighted by atomic mass is 16.5. The standard InChI is InChI=1S/C15H22N2O3/c1-3-12-11-13(5-6-14(12)20-4-2)16-15(18)17-7-9-19-10-8-17/h5-6,11H,3-4,7-10H2,1-2H3,(H,16,18). The number of benzene rings is 1. The summed E-state index contributed by atoms with van der Waals surface area (Å²) in [6.45, 7) is 7.19. The summed E-state index contributed by atoms with van der Waals surface area (Å²) in [7, 11) is 0. The van der Waals surface area contributed by atoms with E-state index in [2.05, 4.69) is 12.2 Å². The molecule has 2 rings (SSSR count). The van der Waals surface area contributed by atoms with E-state index in [0.717, 1.165) is 23.4 Å². The first kappa shape index (κ1) is 14.7. The number of rotatable bonds is 4. The van der Waals surface area contributed by atoms with Crippen LogP contribution in [0.4, 0.5) is 10.5 Å². The number of ether oxygens (including phenoxy) is 2. The van der Waals surface area contributed by atoms with E-state index in [9.17, 15) is 4.79 Å². The summed E-state index contributed by atoms with van der Waals surface area (Å²) < 4.78 is 10.8. The second-order valence-corrected chi connectivity index (χ2v) is 4.64. The number of nitrogens with one attached hydrogen (secondary N) is 1. The van der Waals surface area contributed by atoms with Gasteiger partial charge in [0.25, 0.3) is 0 Å². The molecule has 110 valence electrons. The van der Waals surface area contributed by atoms with Crippen molar-refractivity contribution in [1.29, 1.82) is 0 Å². The van der Waals surface area contributed by atoms with Gasteiger partial charge in [0.2, 0.25) is 0 Å². The molecule has 0 aromatic heterocycles. The SMILES string of the molecule is CCOc1ccc(NC(=O)N2CCOCC2)cc1CC. The topological polar surface area (TPSA) is 50.8 Å². The molecule has 1 saturated heterocycles. The van der Waals surface area contributed by atoms with E-state index in [1.807, 2.05) is 25.1 Å². The van der Waals surface area contributed by atoms with Gasteiger partial charge in [-0.2, -0.15) is 0 Å². The molecule has 0 bridgehead atoms. The minimum absolute atomic E-state index is 0.0699. The Morgan fingerprint density at radius 1 is 1.35 bits per heavy atom. The van der Waals surface area contributed by atoms with Crippen molar-refractivity contribution in [3.05, 3.63) is 23.8 Å². The van der Waals surface area contributed by atoms with Crippen LogP contribution in [-0.2, 0) is 11.2 Å². The Labute approximate surface area is 119 Å². The molecule has 5 heteroatoms. The van der Waals surface area contributed by atoms with Crippen LogP contribution in [0.5, 0.6) is 5.75 Å². The number of urea groups is 1. The number of anilines is 1. The predicted octanol–water partition coefficient (Wildman–Crippen LogP) is 2.51. The van der Waals surface area contributed by atoms with E-state index >= 15 is 0 Å². The Morgan fingerprint density at radius 3 is 2.75 bits per heavy atom. The highest BCUT2D eigenvalue weighted by Crippen LogP contribution is 2.23. The lowest BCUT2D eigenvalue weighted by Gasteiger charge is -2.27. The van der Waals surface area contributed by atoms with Gasteiger partial charge < -0.3 is 19.7 Å². The number of hydrogen-bond donors (Lipinski definition) is 1. The van der Waals surface area contributed by atoms with Crippen molar-refractivity contribution in [3.63, 3.8) is 0 Å². The third-order valence-electron chi connectivity index (χ3n) is 3.29. The maximum absolute atomic E-state index is 12.1. The first-order valence-corrected chi connectivity index (χ1v) is 7.14. The van der Waals surface area contributed by atoms with Gasteiger partial charge in [0.05, 0.1) is 19.8 Å². The van der Waals surface area contributed by atoms with Crippen LogP contribution in [0, 0.1) is 0 Å². The molecule has 5 nitrogen and oxygen atoms in total. The minimum Gasteiger partial charge on any atom is -0.494 e. The smallest absolute Gasteiger partial charge is 0.321 e. The molecule has 1 N–H and O–H groups in total. The zero-order chi connectivity index (χ0) is 14.4. The maximum atomic E-state index is 12.1. The van der Waals surface area contributed by atoms with Crippen molar-refractivity contribution < 1.29 is 14.3 Å². The average Bonchev–Trinajstić information content (AvgIpc) is 2.50. The first-order chi connectivity index (χ1) is 9.74. The molecule has 1 fully saturated rings. The Morgan fingerprint density at radius 2 is 2.10 bits per heavy atom. The van der Waals surface area contributed by atoms with E-state index in [0.29, 0.717) is 32.9 Å². The maximum Gasteiger partial charge on any atom is 0.321 e. The van der Waals surface area contributed by atoms with Crippen molar-refractivity contribution in [3.8, 4) is 5.75 Å². The van der Waals surface area contributed by atoms with Gasteiger partial charge in [0.1, 0.15) is 5.75 Å². The van der Waals surface area contributed by atoms with E-state index in [-0.39, 0.29) is 6.03 Å². The molecule has 1 aromatic carbocycles. The summed E-state index contributed by atoms with van der Waals surface area (Å²) in [5.41, 5.74) is 1.91. The lowest BCUT2D eigenvalue weighted by Crippen LogP contribution is -2.43. The van der Waals surface area contributed by atoms with Crippen LogP contribution >= 0.6 is 0 Å². The fourth-order valence-electron chi connectivity index (χ4n) is 2.20. The van der Waals surface area contributed by atoms with Gasteiger partial charge in [-0.1, -0.05) is 6.92 Å². The van der Waals surface area contributed by atoms with Gasteiger partial charge in [-0.25, -0.2) is 4.79 Å². The van der Waals surface area contributed by atoms with Gasteiger partial charge in [0.15, 0.2) is 0 Å². The van der Waals surface area contributed by atoms with E-state index in [4.69, 9.17) is 9.47 Å². The van der Waals surface area contributed by atoms with Crippen molar-refractivity contribution in [1.82, 2.24) is 4.90 Å². The Hall–Kier alpha value is -1.75. The highest BCUT2D eigenvalue weighted by molar-refractivity contribution is 5.89. The van der Waals surface area contributed by atoms with Gasteiger partial charge in [-0.3, -0.25) is 0 Å². The van der Waals surface area contributed by atoms with Crippen LogP contribution in [0.3, 0.4) is 0 Å². The summed E-state index contributed by atoms with van der Waals surface area (Å²) in [5, 5.41) is 2.93. The minimum atomic E-state index is -0.0699. The number of hydrogen-bond acceptors (Lipinski definition) is 3. The molecular weight excluding hydrogens is 256 g/mol. The number of morpholine rings is 1. The molecule has 1 aliphatic rings. The molecule has 1 aliphatic heterocycles. The molecule has 0 saturated carbocycles. The van der Waals surface area contributed by atoms with Gasteiger partial charge in [-0.05, 0) is 37.1 Å². The summed E-state index contributed by atoms with van der Waals surface area (Å²) in [6.07, 6.45) is 0.872. The lowest BCUT2D eigenvalue weighted by molar-refractivity contribution is 0.0564. The monoisotopic (exact) mass is 278 g/mol. The Balaban J connectivity index is 2.03. The van der Waals surface area contributed by atoms with Crippen molar-refractivity contribution in [2.45, 2.75) is 20.3 Å². The van der Waals surface area contributed by atoms with Crippen LogP contribution in [-0.4, -0.2) is 43.8 Å². The number of amides is 2. The molecule has 20 heavy (non-hydrogen) atoms. The van der Waals surface area contributed by atoms with Crippen molar-refractivity contribution in [2.24, 2.45) is 0 Å². The third-order valence-corrected chi connectivity index (χ3v) is 3.29. The van der Waals surface area contributed by atoms with Crippen molar-refractivity contribution in [2.75, 3.05) is 38.2 Å². The van der Waals surface area contributed by atoms with E-state index in [1.165, 1.54) is 0 Å². The quantitative estimate of drug-likeness (QED) is 0.920. The molecule has 0 spiro atoms. The number of aryl methyl sites for hydroxylation is 1. The fourth-order valence-corrected chi connectivity index (χ4v) is 2.20. The van der Waals surface area contributed by atoms with Crippen LogP contribution in [0.15, 0.2) is 18.2 Å². The molecule has 2 amide bonds. The highest BCUT2D eigenvalue weighted by Gasteiger charge is 2.17. The summed E-state index contributed by atoms with van der Waals surface area (Å²) >= 11 is 0. The molecule has 0 unspecified atom stereocenters. The molecule has 0 atom stereocenters. The summed E-state index contributed by atoms with van der Waals surface area (Å²) in [4.78, 5) is 13.9. The van der Waals surface area contributed by atoms with E-state index < -0.39 is 0 Å². The van der Waals surface area contributed by atoms with Crippen LogP contribution in [0.25, 0.3) is 0 Å². The molecule has 1 aromatic rings. The fraction of sp³-hybridized carbons (Fsp3) is 0.533. The van der Waals surface area contributed by atoms with Gasteiger partial charge >= 0.3 is 6.03 Å². The number of carbonyl (C=O) groups excluding carboxylic acids is 1. The summed E-state index contributed by atoms with van der Waals surface area (Å²) in [5.74, 6) is 0.888. The zero-order valence-corrected chi connectivity index (χ0v) is 12.1. The van der Waals surface area contributed by atoms with Gasteiger partial charge in [0, 0.05) is 18.8 Å². The molecule has 0 radical (unpaired) electrons. The number of carbonyl (C=O) groups is 1. The van der Waals surface area contributed by atoms with E-state index in [1.54, 1.807) is 4.90 Å². The number of nitrogens with zero attached hydrogens (tertiary/aromatic N) is 1. The Bertz CT molecular complexity index is 456. The van der Waals surface area contributed by atoms with Gasteiger partial charge in [-0.15, -0.1) is 0 Å². The average molecular weight is 278 g/mol. The molecular formula is C15H22N2O3. The van der Waals surface area contributed by atoms with Crippen LogP contribution < -0.4 is 10.1 Å². The first-order valence-electron chi connectivity index (χ1n) is 7.14. The zero-order valence-electron chi connectivity index (χ0n) is 12.1. The molecule has 0 aliphatic carbocycles. The second kappa shape index (κ2) is 7.14.